The lowest BCUT2D eigenvalue weighted by Crippen LogP contribution is -2.13. The van der Waals surface area contributed by atoms with Crippen molar-refractivity contribution in [2.45, 2.75) is 30.5 Å². The topological polar surface area (TPSA) is 12.0 Å². The molecule has 0 amide bonds. The van der Waals surface area contributed by atoms with Crippen molar-refractivity contribution in [1.82, 2.24) is 5.32 Å². The number of hydrogen-bond acceptors (Lipinski definition) is 2. The lowest BCUT2D eigenvalue weighted by Gasteiger charge is -2.07. The van der Waals surface area contributed by atoms with Gasteiger partial charge in [0.15, 0.2) is 0 Å². The van der Waals surface area contributed by atoms with E-state index in [1.807, 2.05) is 6.07 Å². The van der Waals surface area contributed by atoms with Crippen LogP contribution in [0.1, 0.15) is 24.5 Å². The molecular formula is C17H19BrFNS. The fourth-order valence-electron chi connectivity index (χ4n) is 2.02. The van der Waals surface area contributed by atoms with Crippen molar-refractivity contribution in [3.05, 3.63) is 63.9 Å². The number of hydrogen-bond donors (Lipinski definition) is 1. The van der Waals surface area contributed by atoms with Crippen LogP contribution in [0.4, 0.5) is 4.39 Å². The highest BCUT2D eigenvalue weighted by Crippen LogP contribution is 2.25. The summed E-state index contributed by atoms with van der Waals surface area (Å²) in [5.41, 5.74) is 2.27. The van der Waals surface area contributed by atoms with Gasteiger partial charge in [-0.05, 0) is 54.4 Å². The van der Waals surface area contributed by atoms with Crippen LogP contribution < -0.4 is 5.32 Å². The average molecular weight is 368 g/mol. The molecule has 0 aliphatic carbocycles. The van der Waals surface area contributed by atoms with Crippen molar-refractivity contribution in [1.29, 1.82) is 0 Å². The fourth-order valence-corrected chi connectivity index (χ4v) is 3.44. The Morgan fingerprint density at radius 1 is 1.14 bits per heavy atom. The fraction of sp³-hybridized carbons (Fsp3) is 0.294. The van der Waals surface area contributed by atoms with E-state index in [0.29, 0.717) is 0 Å². The summed E-state index contributed by atoms with van der Waals surface area (Å²) in [6, 6.07) is 13.5. The Bertz CT molecular complexity index is 569. The molecule has 0 aliphatic heterocycles. The summed E-state index contributed by atoms with van der Waals surface area (Å²) in [7, 11) is 0. The molecule has 0 bridgehead atoms. The second-order valence-electron chi connectivity index (χ2n) is 4.89. The molecule has 1 nitrogen and oxygen atoms in total. The second-order valence-corrected chi connectivity index (χ2v) is 6.85. The van der Waals surface area contributed by atoms with E-state index in [1.54, 1.807) is 17.8 Å². The first kappa shape index (κ1) is 16.5. The predicted molar refractivity (Wildman–Crippen MR) is 92.1 cm³/mol. The smallest absolute Gasteiger partial charge is 0.124 e. The Labute approximate surface area is 138 Å². The maximum Gasteiger partial charge on any atom is 0.124 e. The molecule has 21 heavy (non-hydrogen) atoms. The van der Waals surface area contributed by atoms with Crippen molar-refractivity contribution in [2.75, 3.05) is 6.54 Å². The molecule has 0 radical (unpaired) electrons. The van der Waals surface area contributed by atoms with Gasteiger partial charge in [0.1, 0.15) is 5.82 Å². The van der Waals surface area contributed by atoms with Crippen molar-refractivity contribution in [2.24, 2.45) is 0 Å². The zero-order valence-electron chi connectivity index (χ0n) is 12.0. The number of halogens is 2. The number of nitrogens with one attached hydrogen (secondary N) is 1. The van der Waals surface area contributed by atoms with E-state index in [1.165, 1.54) is 16.5 Å². The van der Waals surface area contributed by atoms with Gasteiger partial charge >= 0.3 is 0 Å². The van der Waals surface area contributed by atoms with Gasteiger partial charge in [0.05, 0.1) is 0 Å². The minimum atomic E-state index is -0.197. The molecule has 2 aromatic rings. The normalized spacial score (nSPS) is 10.8. The maximum atomic E-state index is 13.3. The lowest BCUT2D eigenvalue weighted by molar-refractivity contribution is 0.625. The standard InChI is InChI=1S/C17H19BrFNS/c1-2-6-20-11-13-4-3-5-17(9-13)21-12-14-7-15(18)10-16(19)8-14/h3-5,7-10,20H,2,6,11-12H2,1H3. The first-order valence-electron chi connectivity index (χ1n) is 7.05. The van der Waals surface area contributed by atoms with Crippen LogP contribution in [0.3, 0.4) is 0 Å². The molecule has 2 aromatic carbocycles. The van der Waals surface area contributed by atoms with Crippen molar-refractivity contribution < 1.29 is 4.39 Å². The molecule has 0 atom stereocenters. The minimum Gasteiger partial charge on any atom is -0.313 e. The number of rotatable bonds is 7. The highest BCUT2D eigenvalue weighted by atomic mass is 79.9. The van der Waals surface area contributed by atoms with Crippen molar-refractivity contribution in [3.8, 4) is 0 Å². The summed E-state index contributed by atoms with van der Waals surface area (Å²) >= 11 is 5.06. The van der Waals surface area contributed by atoms with Gasteiger partial charge in [0.25, 0.3) is 0 Å². The van der Waals surface area contributed by atoms with Crippen LogP contribution in [0.5, 0.6) is 0 Å². The third kappa shape index (κ3) is 5.81. The van der Waals surface area contributed by atoms with Gasteiger partial charge in [-0.3, -0.25) is 0 Å². The van der Waals surface area contributed by atoms with E-state index in [0.717, 1.165) is 35.3 Å². The van der Waals surface area contributed by atoms with E-state index in [9.17, 15) is 4.39 Å². The van der Waals surface area contributed by atoms with Crippen molar-refractivity contribution >= 4 is 27.7 Å². The average Bonchev–Trinajstić information content (AvgIpc) is 2.45. The van der Waals surface area contributed by atoms with E-state index in [2.05, 4.69) is 52.4 Å². The molecule has 0 aromatic heterocycles. The van der Waals surface area contributed by atoms with Crippen LogP contribution in [0.2, 0.25) is 0 Å². The molecule has 2 rings (SSSR count). The van der Waals surface area contributed by atoms with Gasteiger partial charge in [-0.25, -0.2) is 4.39 Å². The van der Waals surface area contributed by atoms with Crippen LogP contribution >= 0.6 is 27.7 Å². The summed E-state index contributed by atoms with van der Waals surface area (Å²) in [4.78, 5) is 1.21. The zero-order valence-corrected chi connectivity index (χ0v) is 14.4. The van der Waals surface area contributed by atoms with Crippen LogP contribution in [0, 0.1) is 5.82 Å². The van der Waals surface area contributed by atoms with Crippen LogP contribution in [-0.4, -0.2) is 6.54 Å². The summed E-state index contributed by atoms with van der Waals surface area (Å²) in [6.07, 6.45) is 1.14. The predicted octanol–water partition coefficient (Wildman–Crippen LogP) is 5.38. The molecule has 4 heteroatoms. The monoisotopic (exact) mass is 367 g/mol. The molecule has 112 valence electrons. The number of thioether (sulfide) groups is 1. The summed E-state index contributed by atoms with van der Waals surface area (Å²) in [5.74, 6) is 0.569. The first-order valence-corrected chi connectivity index (χ1v) is 8.82. The van der Waals surface area contributed by atoms with Gasteiger partial charge in [0, 0.05) is 21.7 Å². The zero-order chi connectivity index (χ0) is 15.1. The van der Waals surface area contributed by atoms with Gasteiger partial charge in [-0.15, -0.1) is 11.8 Å². The summed E-state index contributed by atoms with van der Waals surface area (Å²) in [5, 5.41) is 3.40. The SMILES string of the molecule is CCCNCc1cccc(SCc2cc(F)cc(Br)c2)c1. The molecule has 1 N–H and O–H groups in total. The number of benzene rings is 2. The molecule has 0 unspecified atom stereocenters. The molecular weight excluding hydrogens is 349 g/mol. The Morgan fingerprint density at radius 2 is 2.00 bits per heavy atom. The molecule has 0 spiro atoms. The molecule has 0 saturated heterocycles. The van der Waals surface area contributed by atoms with E-state index in [4.69, 9.17) is 0 Å². The van der Waals surface area contributed by atoms with E-state index < -0.39 is 0 Å². The van der Waals surface area contributed by atoms with E-state index >= 15 is 0 Å². The first-order chi connectivity index (χ1) is 10.2. The van der Waals surface area contributed by atoms with Crippen LogP contribution in [0.25, 0.3) is 0 Å². The molecule has 0 aliphatic rings. The largest absolute Gasteiger partial charge is 0.313 e. The highest BCUT2D eigenvalue weighted by molar-refractivity contribution is 9.10. The van der Waals surface area contributed by atoms with Crippen LogP contribution in [-0.2, 0) is 12.3 Å². The molecule has 0 fully saturated rings. The van der Waals surface area contributed by atoms with E-state index in [-0.39, 0.29) is 5.82 Å². The quantitative estimate of drug-likeness (QED) is 0.520. The lowest BCUT2D eigenvalue weighted by atomic mass is 10.2. The Kier molecular flexibility index (Phi) is 6.74. The highest BCUT2D eigenvalue weighted by Gasteiger charge is 2.02. The molecule has 0 heterocycles. The second kappa shape index (κ2) is 8.57. The maximum absolute atomic E-state index is 13.3. The van der Waals surface area contributed by atoms with Gasteiger partial charge in [0.2, 0.25) is 0 Å². The van der Waals surface area contributed by atoms with Gasteiger partial charge in [-0.2, -0.15) is 0 Å². The summed E-state index contributed by atoms with van der Waals surface area (Å²) in [6.45, 7) is 4.10. The Hall–Kier alpha value is -0.840. The summed E-state index contributed by atoms with van der Waals surface area (Å²) < 4.78 is 14.1. The van der Waals surface area contributed by atoms with Gasteiger partial charge in [-0.1, -0.05) is 35.0 Å². The molecule has 0 saturated carbocycles. The van der Waals surface area contributed by atoms with Crippen LogP contribution in [0.15, 0.2) is 51.8 Å². The van der Waals surface area contributed by atoms with Gasteiger partial charge < -0.3 is 5.32 Å². The Morgan fingerprint density at radius 3 is 2.76 bits per heavy atom. The van der Waals surface area contributed by atoms with Crippen molar-refractivity contribution in [3.63, 3.8) is 0 Å². The third-order valence-corrected chi connectivity index (χ3v) is 4.50. The third-order valence-electron chi connectivity index (χ3n) is 2.98. The Balaban J connectivity index is 1.94. The minimum absolute atomic E-state index is 0.197.